The van der Waals surface area contributed by atoms with Crippen molar-refractivity contribution < 1.29 is 0 Å². The summed E-state index contributed by atoms with van der Waals surface area (Å²) in [7, 11) is 0. The fourth-order valence-corrected chi connectivity index (χ4v) is 3.54. The molecule has 1 saturated carbocycles. The molecule has 0 radical (unpaired) electrons. The van der Waals surface area contributed by atoms with E-state index in [-0.39, 0.29) is 0 Å². The molecular weight excluding hydrogens is 218 g/mol. The summed E-state index contributed by atoms with van der Waals surface area (Å²) in [6.45, 7) is 4.78. The van der Waals surface area contributed by atoms with Crippen LogP contribution < -0.4 is 5.73 Å². The van der Waals surface area contributed by atoms with Crippen molar-refractivity contribution in [2.24, 2.45) is 17.1 Å². The Hall–Kier alpha value is -0.820. The Labute approximate surface area is 112 Å². The quantitative estimate of drug-likeness (QED) is 0.828. The number of nitrogens with two attached hydrogens (primary N) is 1. The second-order valence-electron chi connectivity index (χ2n) is 6.53. The molecule has 2 rings (SSSR count). The lowest BCUT2D eigenvalue weighted by atomic mass is 9.76. The van der Waals surface area contributed by atoms with Crippen molar-refractivity contribution in [1.82, 2.24) is 0 Å². The standard InChI is InChI=1S/C17H27N/c1-17(2)13-7-11-15(17)16(18)12-6-10-14-8-4-3-5-9-14/h3-5,8-9,15-16H,6-7,10-13,18H2,1-2H3. The van der Waals surface area contributed by atoms with Gasteiger partial charge >= 0.3 is 0 Å². The van der Waals surface area contributed by atoms with Crippen LogP contribution in [0, 0.1) is 11.3 Å². The monoisotopic (exact) mass is 245 g/mol. The smallest absolute Gasteiger partial charge is 0.00723 e. The summed E-state index contributed by atoms with van der Waals surface area (Å²) in [5.74, 6) is 0.730. The Balaban J connectivity index is 1.77. The first-order chi connectivity index (χ1) is 8.59. The van der Waals surface area contributed by atoms with Gasteiger partial charge in [0, 0.05) is 6.04 Å². The van der Waals surface area contributed by atoms with E-state index in [0.29, 0.717) is 11.5 Å². The minimum Gasteiger partial charge on any atom is -0.327 e. The van der Waals surface area contributed by atoms with E-state index in [4.69, 9.17) is 5.73 Å². The Morgan fingerprint density at radius 1 is 1.28 bits per heavy atom. The van der Waals surface area contributed by atoms with Crippen LogP contribution in [0.2, 0.25) is 0 Å². The van der Waals surface area contributed by atoms with Gasteiger partial charge in [-0.05, 0) is 49.0 Å². The molecular formula is C17H27N. The molecule has 1 heteroatoms. The van der Waals surface area contributed by atoms with Crippen molar-refractivity contribution in [2.75, 3.05) is 0 Å². The van der Waals surface area contributed by atoms with Crippen LogP contribution in [0.1, 0.15) is 51.5 Å². The van der Waals surface area contributed by atoms with Crippen molar-refractivity contribution in [2.45, 2.75) is 58.4 Å². The molecule has 0 aromatic heterocycles. The lowest BCUT2D eigenvalue weighted by Gasteiger charge is -2.32. The summed E-state index contributed by atoms with van der Waals surface area (Å²) in [4.78, 5) is 0. The number of hydrogen-bond donors (Lipinski definition) is 1. The van der Waals surface area contributed by atoms with Crippen LogP contribution in [0.3, 0.4) is 0 Å². The van der Waals surface area contributed by atoms with Crippen LogP contribution in [0.25, 0.3) is 0 Å². The van der Waals surface area contributed by atoms with Crippen molar-refractivity contribution >= 4 is 0 Å². The fraction of sp³-hybridized carbons (Fsp3) is 0.647. The second-order valence-corrected chi connectivity index (χ2v) is 6.53. The van der Waals surface area contributed by atoms with Gasteiger partial charge in [0.1, 0.15) is 0 Å². The molecule has 0 bridgehead atoms. The Morgan fingerprint density at radius 2 is 2.00 bits per heavy atom. The van der Waals surface area contributed by atoms with Gasteiger partial charge in [-0.2, -0.15) is 0 Å². The lowest BCUT2D eigenvalue weighted by Crippen LogP contribution is -2.36. The van der Waals surface area contributed by atoms with Crippen LogP contribution >= 0.6 is 0 Å². The maximum atomic E-state index is 6.42. The number of aryl methyl sites for hydroxylation is 1. The Bertz CT molecular complexity index is 355. The van der Waals surface area contributed by atoms with Gasteiger partial charge in [0.25, 0.3) is 0 Å². The SMILES string of the molecule is CC1(C)CCCC1C(N)CCCc1ccccc1. The van der Waals surface area contributed by atoms with Crippen molar-refractivity contribution in [3.8, 4) is 0 Å². The van der Waals surface area contributed by atoms with E-state index < -0.39 is 0 Å². The summed E-state index contributed by atoms with van der Waals surface area (Å²) >= 11 is 0. The van der Waals surface area contributed by atoms with E-state index in [0.717, 1.165) is 5.92 Å². The normalized spacial score (nSPS) is 24.1. The number of rotatable bonds is 5. The molecule has 1 fully saturated rings. The Morgan fingerprint density at radius 3 is 2.61 bits per heavy atom. The molecule has 100 valence electrons. The van der Waals surface area contributed by atoms with Crippen LogP contribution in [0.15, 0.2) is 30.3 Å². The average Bonchev–Trinajstić information content (AvgIpc) is 2.70. The summed E-state index contributed by atoms with van der Waals surface area (Å²) in [5.41, 5.74) is 8.32. The van der Waals surface area contributed by atoms with Crippen LogP contribution in [0.5, 0.6) is 0 Å². The molecule has 2 N–H and O–H groups in total. The van der Waals surface area contributed by atoms with Crippen LogP contribution in [-0.4, -0.2) is 6.04 Å². The Kier molecular flexibility index (Phi) is 4.45. The minimum atomic E-state index is 0.395. The van der Waals surface area contributed by atoms with Crippen LogP contribution in [-0.2, 0) is 6.42 Å². The average molecular weight is 245 g/mol. The molecule has 1 aromatic rings. The molecule has 0 amide bonds. The molecule has 0 aliphatic heterocycles. The fourth-order valence-electron chi connectivity index (χ4n) is 3.54. The molecule has 1 nitrogen and oxygen atoms in total. The van der Waals surface area contributed by atoms with Crippen molar-refractivity contribution in [3.05, 3.63) is 35.9 Å². The summed E-state index contributed by atoms with van der Waals surface area (Å²) < 4.78 is 0. The van der Waals surface area contributed by atoms with Gasteiger partial charge in [0.15, 0.2) is 0 Å². The van der Waals surface area contributed by atoms with Gasteiger partial charge in [0.05, 0.1) is 0 Å². The first-order valence-electron chi connectivity index (χ1n) is 7.39. The zero-order valence-corrected chi connectivity index (χ0v) is 11.9. The third-order valence-corrected chi connectivity index (χ3v) is 4.70. The van der Waals surface area contributed by atoms with Gasteiger partial charge in [-0.1, -0.05) is 50.6 Å². The van der Waals surface area contributed by atoms with Gasteiger partial charge in [-0.25, -0.2) is 0 Å². The molecule has 1 aliphatic carbocycles. The zero-order chi connectivity index (χ0) is 13.0. The summed E-state index contributed by atoms with van der Waals surface area (Å²) in [6.07, 6.45) is 7.61. The molecule has 1 aliphatic rings. The maximum absolute atomic E-state index is 6.42. The van der Waals surface area contributed by atoms with E-state index in [2.05, 4.69) is 44.2 Å². The highest BCUT2D eigenvalue weighted by Gasteiger charge is 2.37. The summed E-state index contributed by atoms with van der Waals surface area (Å²) in [6, 6.07) is 11.1. The highest BCUT2D eigenvalue weighted by Crippen LogP contribution is 2.44. The molecule has 0 saturated heterocycles. The third kappa shape index (κ3) is 3.35. The molecule has 0 heterocycles. The van der Waals surface area contributed by atoms with Gasteiger partial charge in [-0.3, -0.25) is 0 Å². The zero-order valence-electron chi connectivity index (χ0n) is 11.9. The molecule has 0 spiro atoms. The first-order valence-corrected chi connectivity index (χ1v) is 7.39. The predicted molar refractivity (Wildman–Crippen MR) is 78.5 cm³/mol. The topological polar surface area (TPSA) is 26.0 Å². The predicted octanol–water partition coefficient (Wildman–Crippen LogP) is 4.16. The second kappa shape index (κ2) is 5.88. The van der Waals surface area contributed by atoms with Crippen molar-refractivity contribution in [1.29, 1.82) is 0 Å². The van der Waals surface area contributed by atoms with Gasteiger partial charge in [-0.15, -0.1) is 0 Å². The largest absolute Gasteiger partial charge is 0.327 e. The lowest BCUT2D eigenvalue weighted by molar-refractivity contribution is 0.213. The highest BCUT2D eigenvalue weighted by atomic mass is 14.7. The van der Waals surface area contributed by atoms with Gasteiger partial charge in [0.2, 0.25) is 0 Å². The van der Waals surface area contributed by atoms with E-state index in [1.54, 1.807) is 0 Å². The molecule has 2 unspecified atom stereocenters. The van der Waals surface area contributed by atoms with E-state index >= 15 is 0 Å². The minimum absolute atomic E-state index is 0.395. The summed E-state index contributed by atoms with van der Waals surface area (Å²) in [5, 5.41) is 0. The molecule has 18 heavy (non-hydrogen) atoms. The van der Waals surface area contributed by atoms with E-state index in [1.807, 2.05) is 0 Å². The van der Waals surface area contributed by atoms with E-state index in [9.17, 15) is 0 Å². The van der Waals surface area contributed by atoms with Crippen LogP contribution in [0.4, 0.5) is 0 Å². The third-order valence-electron chi connectivity index (χ3n) is 4.70. The number of benzene rings is 1. The van der Waals surface area contributed by atoms with E-state index in [1.165, 1.54) is 44.1 Å². The van der Waals surface area contributed by atoms with Crippen molar-refractivity contribution in [3.63, 3.8) is 0 Å². The first kappa shape index (κ1) is 13.6. The van der Waals surface area contributed by atoms with Gasteiger partial charge < -0.3 is 5.73 Å². The maximum Gasteiger partial charge on any atom is 0.00723 e. The molecule has 1 aromatic carbocycles. The highest BCUT2D eigenvalue weighted by molar-refractivity contribution is 5.14. The molecule has 2 atom stereocenters. The number of hydrogen-bond acceptors (Lipinski definition) is 1.